The Kier molecular flexibility index (Phi) is 6.40. The lowest BCUT2D eigenvalue weighted by molar-refractivity contribution is 0.185. The van der Waals surface area contributed by atoms with Crippen LogP contribution in [0, 0.1) is 23.5 Å². The van der Waals surface area contributed by atoms with Crippen LogP contribution in [-0.2, 0) is 24.2 Å². The van der Waals surface area contributed by atoms with E-state index in [2.05, 4.69) is 48.2 Å². The molecule has 0 aliphatic rings. The fourth-order valence-electron chi connectivity index (χ4n) is 3.50. The van der Waals surface area contributed by atoms with E-state index in [1.807, 2.05) is 12.1 Å². The number of rotatable bonds is 5. The third-order valence-corrected chi connectivity index (χ3v) is 5.25. The highest BCUT2D eigenvalue weighted by Crippen LogP contribution is 2.21. The van der Waals surface area contributed by atoms with Gasteiger partial charge in [0, 0.05) is 23.6 Å². The maximum Gasteiger partial charge on any atom is 0.166 e. The fourth-order valence-corrected chi connectivity index (χ4v) is 3.50. The summed E-state index contributed by atoms with van der Waals surface area (Å²) in [5, 5.41) is 0.902. The molecule has 0 heterocycles. The van der Waals surface area contributed by atoms with Crippen LogP contribution in [0.3, 0.4) is 0 Å². The Labute approximate surface area is 181 Å². The van der Waals surface area contributed by atoms with Gasteiger partial charge in [-0.15, -0.1) is 0 Å². The highest BCUT2D eigenvalue weighted by molar-refractivity contribution is 5.84. The van der Waals surface area contributed by atoms with E-state index in [1.165, 1.54) is 16.7 Å². The highest BCUT2D eigenvalue weighted by atomic mass is 19.2. The van der Waals surface area contributed by atoms with E-state index in [0.29, 0.717) is 12.0 Å². The van der Waals surface area contributed by atoms with Crippen molar-refractivity contribution in [3.63, 3.8) is 0 Å². The summed E-state index contributed by atoms with van der Waals surface area (Å²) in [6.07, 6.45) is 1.94. The SMILES string of the molecule is COCc1ccc(CCc2ccc(C#Cc3ccc4c(F)c(F)ccc4c3)cc2)cc1. The number of aryl methyl sites for hydroxylation is 2. The first-order valence-electron chi connectivity index (χ1n) is 10.2. The second-order valence-electron chi connectivity index (χ2n) is 7.49. The number of methoxy groups -OCH3 is 1. The summed E-state index contributed by atoms with van der Waals surface area (Å²) in [6.45, 7) is 0.636. The van der Waals surface area contributed by atoms with Crippen LogP contribution >= 0.6 is 0 Å². The maximum absolute atomic E-state index is 13.8. The molecule has 4 aromatic rings. The van der Waals surface area contributed by atoms with Crippen LogP contribution in [0.1, 0.15) is 27.8 Å². The molecule has 0 atom stereocenters. The number of halogens is 2. The van der Waals surface area contributed by atoms with Crippen LogP contribution in [0.25, 0.3) is 10.8 Å². The lowest BCUT2D eigenvalue weighted by Crippen LogP contribution is -1.93. The normalized spacial score (nSPS) is 10.7. The molecule has 0 fully saturated rings. The highest BCUT2D eigenvalue weighted by Gasteiger charge is 2.06. The Morgan fingerprint density at radius 1 is 0.677 bits per heavy atom. The van der Waals surface area contributed by atoms with Crippen LogP contribution in [-0.4, -0.2) is 7.11 Å². The fraction of sp³-hybridized carbons (Fsp3) is 0.143. The first kappa shape index (κ1) is 20.8. The molecule has 31 heavy (non-hydrogen) atoms. The smallest absolute Gasteiger partial charge is 0.166 e. The second kappa shape index (κ2) is 9.55. The van der Waals surface area contributed by atoms with Crippen LogP contribution in [0.4, 0.5) is 8.78 Å². The van der Waals surface area contributed by atoms with Gasteiger partial charge in [-0.25, -0.2) is 8.78 Å². The Hall–Kier alpha value is -3.48. The van der Waals surface area contributed by atoms with E-state index in [4.69, 9.17) is 4.74 Å². The van der Waals surface area contributed by atoms with Crippen LogP contribution in [0.5, 0.6) is 0 Å². The van der Waals surface area contributed by atoms with Gasteiger partial charge < -0.3 is 4.74 Å². The van der Waals surface area contributed by atoms with Gasteiger partial charge in [0.05, 0.1) is 6.61 Å². The minimum absolute atomic E-state index is 0.267. The molecule has 0 aromatic heterocycles. The number of fused-ring (bicyclic) bond motifs is 1. The molecule has 0 unspecified atom stereocenters. The van der Waals surface area contributed by atoms with Crippen molar-refractivity contribution in [2.45, 2.75) is 19.4 Å². The lowest BCUT2D eigenvalue weighted by Gasteiger charge is -2.04. The van der Waals surface area contributed by atoms with Gasteiger partial charge in [-0.2, -0.15) is 0 Å². The first-order chi connectivity index (χ1) is 15.1. The van der Waals surface area contributed by atoms with Gasteiger partial charge in [0.1, 0.15) is 0 Å². The second-order valence-corrected chi connectivity index (χ2v) is 7.49. The Morgan fingerprint density at radius 2 is 1.26 bits per heavy atom. The molecule has 0 amide bonds. The molecule has 0 saturated carbocycles. The zero-order valence-corrected chi connectivity index (χ0v) is 17.3. The van der Waals surface area contributed by atoms with Crippen LogP contribution in [0.2, 0.25) is 0 Å². The summed E-state index contributed by atoms with van der Waals surface area (Å²) in [5.41, 5.74) is 5.42. The van der Waals surface area contributed by atoms with Crippen LogP contribution in [0.15, 0.2) is 78.9 Å². The molecule has 0 spiro atoms. The summed E-state index contributed by atoms with van der Waals surface area (Å²) in [6, 6.07) is 24.5. The number of hydrogen-bond donors (Lipinski definition) is 0. The predicted molar refractivity (Wildman–Crippen MR) is 121 cm³/mol. The Balaban J connectivity index is 1.40. The van der Waals surface area contributed by atoms with Crippen molar-refractivity contribution in [2.75, 3.05) is 7.11 Å². The molecule has 4 rings (SSSR count). The Morgan fingerprint density at radius 3 is 1.94 bits per heavy atom. The molecule has 0 N–H and O–H groups in total. The minimum Gasteiger partial charge on any atom is -0.380 e. The molecule has 0 radical (unpaired) electrons. The zero-order valence-electron chi connectivity index (χ0n) is 17.3. The number of ether oxygens (including phenoxy) is 1. The third kappa shape index (κ3) is 5.17. The summed E-state index contributed by atoms with van der Waals surface area (Å²) >= 11 is 0. The van der Waals surface area contributed by atoms with E-state index >= 15 is 0 Å². The average Bonchev–Trinajstić information content (AvgIpc) is 2.80. The molecule has 4 aromatic carbocycles. The van der Waals surface area contributed by atoms with E-state index in [0.717, 1.165) is 30.0 Å². The monoisotopic (exact) mass is 412 g/mol. The quantitative estimate of drug-likeness (QED) is 0.342. The molecular formula is C28H22F2O. The van der Waals surface area contributed by atoms with E-state index in [1.54, 1.807) is 31.4 Å². The van der Waals surface area contributed by atoms with Gasteiger partial charge in [-0.3, -0.25) is 0 Å². The maximum atomic E-state index is 13.8. The van der Waals surface area contributed by atoms with Crippen molar-refractivity contribution in [1.29, 1.82) is 0 Å². The molecular weight excluding hydrogens is 390 g/mol. The summed E-state index contributed by atoms with van der Waals surface area (Å²) in [5.74, 6) is 4.59. The van der Waals surface area contributed by atoms with Crippen molar-refractivity contribution in [3.8, 4) is 11.8 Å². The zero-order chi connectivity index (χ0) is 21.6. The molecule has 0 aliphatic heterocycles. The standard InChI is InChI=1S/C28H22F2O/c1-31-19-24-12-9-22(10-13-24)7-4-20-2-5-21(6-3-20)8-11-23-14-16-26-25(18-23)15-17-27(29)28(26)30/h2-3,5-6,9-10,12-18H,4,7,19H2,1H3. The predicted octanol–water partition coefficient (Wildman–Crippen LogP) is 6.45. The minimum atomic E-state index is -0.838. The summed E-state index contributed by atoms with van der Waals surface area (Å²) in [7, 11) is 1.70. The van der Waals surface area contributed by atoms with Gasteiger partial charge >= 0.3 is 0 Å². The van der Waals surface area contributed by atoms with Gasteiger partial charge in [-0.1, -0.05) is 60.4 Å². The molecule has 154 valence electrons. The topological polar surface area (TPSA) is 9.23 Å². The Bertz CT molecular complexity index is 1250. The van der Waals surface area contributed by atoms with Crippen molar-refractivity contribution in [2.24, 2.45) is 0 Å². The molecule has 3 heteroatoms. The van der Waals surface area contributed by atoms with Gasteiger partial charge in [0.15, 0.2) is 11.6 Å². The third-order valence-electron chi connectivity index (χ3n) is 5.25. The summed E-state index contributed by atoms with van der Waals surface area (Å²) < 4.78 is 32.3. The van der Waals surface area contributed by atoms with Crippen LogP contribution < -0.4 is 0 Å². The van der Waals surface area contributed by atoms with Gasteiger partial charge in [-0.05, 0) is 65.3 Å². The first-order valence-corrected chi connectivity index (χ1v) is 10.2. The van der Waals surface area contributed by atoms with Crippen molar-refractivity contribution >= 4 is 10.8 Å². The summed E-state index contributed by atoms with van der Waals surface area (Å²) in [4.78, 5) is 0. The van der Waals surface area contributed by atoms with Crippen molar-refractivity contribution in [1.82, 2.24) is 0 Å². The van der Waals surface area contributed by atoms with E-state index in [9.17, 15) is 8.78 Å². The van der Waals surface area contributed by atoms with Crippen molar-refractivity contribution < 1.29 is 13.5 Å². The molecule has 0 aliphatic carbocycles. The molecule has 0 saturated heterocycles. The van der Waals surface area contributed by atoms with Gasteiger partial charge in [0.2, 0.25) is 0 Å². The largest absolute Gasteiger partial charge is 0.380 e. The number of benzene rings is 4. The van der Waals surface area contributed by atoms with Crippen molar-refractivity contribution in [3.05, 3.63) is 118 Å². The molecule has 1 nitrogen and oxygen atoms in total. The number of hydrogen-bond acceptors (Lipinski definition) is 1. The van der Waals surface area contributed by atoms with E-state index < -0.39 is 11.6 Å². The van der Waals surface area contributed by atoms with Gasteiger partial charge in [0.25, 0.3) is 0 Å². The average molecular weight is 412 g/mol. The van der Waals surface area contributed by atoms with E-state index in [-0.39, 0.29) is 5.39 Å². The molecule has 0 bridgehead atoms. The lowest BCUT2D eigenvalue weighted by atomic mass is 10.0.